The molecule has 0 aromatic heterocycles. The summed E-state index contributed by atoms with van der Waals surface area (Å²) in [7, 11) is 0. The van der Waals surface area contributed by atoms with Crippen molar-refractivity contribution in [3.63, 3.8) is 0 Å². The number of amides is 2. The van der Waals surface area contributed by atoms with Crippen molar-refractivity contribution in [3.8, 4) is 11.5 Å². The highest BCUT2D eigenvalue weighted by Gasteiger charge is 2.26. The second kappa shape index (κ2) is 10.4. The first kappa shape index (κ1) is 23.4. The van der Waals surface area contributed by atoms with E-state index in [9.17, 15) is 9.59 Å². The van der Waals surface area contributed by atoms with Gasteiger partial charge in [0.15, 0.2) is 6.10 Å². The highest BCUT2D eigenvalue weighted by molar-refractivity contribution is 6.30. The summed E-state index contributed by atoms with van der Waals surface area (Å²) in [5.41, 5.74) is 2.17. The van der Waals surface area contributed by atoms with Crippen LogP contribution in [0.4, 0.5) is 0 Å². The van der Waals surface area contributed by atoms with E-state index in [4.69, 9.17) is 21.1 Å². The SMILES string of the molecule is CC(=O)N1CCN(Cc2ccc3c(c2)CN(C(=O)C(C)Oc2cccc(Cl)c2)CCO3)CC1. The fourth-order valence-electron chi connectivity index (χ4n) is 4.27. The van der Waals surface area contributed by atoms with Crippen molar-refractivity contribution in [1.29, 1.82) is 0 Å². The number of hydrogen-bond donors (Lipinski definition) is 0. The van der Waals surface area contributed by atoms with Crippen molar-refractivity contribution >= 4 is 23.4 Å². The van der Waals surface area contributed by atoms with E-state index in [1.54, 1.807) is 43.0 Å². The maximum Gasteiger partial charge on any atom is 0.263 e. The third-order valence-electron chi connectivity index (χ3n) is 6.10. The molecule has 1 atom stereocenters. The number of fused-ring (bicyclic) bond motifs is 1. The minimum absolute atomic E-state index is 0.0859. The second-order valence-electron chi connectivity index (χ2n) is 8.55. The molecule has 0 saturated carbocycles. The van der Waals surface area contributed by atoms with E-state index in [1.807, 2.05) is 11.0 Å². The molecular formula is C25H30ClN3O4. The van der Waals surface area contributed by atoms with Crippen LogP contribution in [0.2, 0.25) is 5.02 Å². The van der Waals surface area contributed by atoms with Crippen molar-refractivity contribution in [3.05, 3.63) is 58.6 Å². The molecule has 2 aromatic carbocycles. The molecule has 2 amide bonds. The predicted molar refractivity (Wildman–Crippen MR) is 126 cm³/mol. The number of halogens is 1. The van der Waals surface area contributed by atoms with Crippen molar-refractivity contribution in [1.82, 2.24) is 14.7 Å². The number of hydrogen-bond acceptors (Lipinski definition) is 5. The number of nitrogens with zero attached hydrogens (tertiary/aromatic N) is 3. The fraction of sp³-hybridized carbons (Fsp3) is 0.440. The molecule has 1 saturated heterocycles. The predicted octanol–water partition coefficient (Wildman–Crippen LogP) is 3.19. The molecule has 176 valence electrons. The van der Waals surface area contributed by atoms with Gasteiger partial charge in [-0.2, -0.15) is 0 Å². The van der Waals surface area contributed by atoms with Gasteiger partial charge in [-0.05, 0) is 42.8 Å². The Balaban J connectivity index is 1.40. The monoisotopic (exact) mass is 471 g/mol. The molecule has 8 heteroatoms. The molecule has 2 heterocycles. The summed E-state index contributed by atoms with van der Waals surface area (Å²) < 4.78 is 11.8. The molecule has 2 aliphatic rings. The molecule has 4 rings (SSSR count). The van der Waals surface area contributed by atoms with Gasteiger partial charge in [0, 0.05) is 56.8 Å². The largest absolute Gasteiger partial charge is 0.491 e. The summed E-state index contributed by atoms with van der Waals surface area (Å²) in [6, 6.07) is 13.3. The molecule has 7 nitrogen and oxygen atoms in total. The molecule has 0 bridgehead atoms. The summed E-state index contributed by atoms with van der Waals surface area (Å²) in [6.45, 7) is 8.83. The van der Waals surface area contributed by atoms with Gasteiger partial charge >= 0.3 is 0 Å². The number of piperazine rings is 1. The third-order valence-corrected chi connectivity index (χ3v) is 6.33. The highest BCUT2D eigenvalue weighted by atomic mass is 35.5. The van der Waals surface area contributed by atoms with Gasteiger partial charge in [-0.1, -0.05) is 23.7 Å². The van der Waals surface area contributed by atoms with Gasteiger partial charge in [0.05, 0.1) is 6.54 Å². The molecule has 2 aromatic rings. The van der Waals surface area contributed by atoms with Gasteiger partial charge in [-0.3, -0.25) is 14.5 Å². The minimum Gasteiger partial charge on any atom is -0.491 e. The van der Waals surface area contributed by atoms with Crippen LogP contribution in [0.1, 0.15) is 25.0 Å². The van der Waals surface area contributed by atoms with Crippen LogP contribution in [0.3, 0.4) is 0 Å². The van der Waals surface area contributed by atoms with E-state index in [2.05, 4.69) is 17.0 Å². The number of carbonyl (C=O) groups is 2. The minimum atomic E-state index is -0.634. The lowest BCUT2D eigenvalue weighted by Gasteiger charge is -2.34. The highest BCUT2D eigenvalue weighted by Crippen LogP contribution is 2.26. The van der Waals surface area contributed by atoms with Crippen LogP contribution >= 0.6 is 11.6 Å². The van der Waals surface area contributed by atoms with Gasteiger partial charge in [0.25, 0.3) is 5.91 Å². The van der Waals surface area contributed by atoms with Crippen molar-refractivity contribution < 1.29 is 19.1 Å². The number of rotatable bonds is 5. The summed E-state index contributed by atoms with van der Waals surface area (Å²) >= 11 is 6.03. The zero-order chi connectivity index (χ0) is 23.4. The Bertz CT molecular complexity index is 1010. The molecule has 2 aliphatic heterocycles. The van der Waals surface area contributed by atoms with Crippen molar-refractivity contribution in [2.75, 3.05) is 39.3 Å². The molecule has 0 aliphatic carbocycles. The zero-order valence-corrected chi connectivity index (χ0v) is 19.9. The molecule has 0 spiro atoms. The van der Waals surface area contributed by atoms with E-state index < -0.39 is 6.10 Å². The van der Waals surface area contributed by atoms with Crippen LogP contribution in [0.5, 0.6) is 11.5 Å². The standard InChI is InChI=1S/C25H30ClN3O4/c1-18(33-23-5-3-4-22(26)15-23)25(31)29-12-13-32-24-7-6-20(14-21(24)17-29)16-27-8-10-28(11-9-27)19(2)30/h3-7,14-15,18H,8-13,16-17H2,1-2H3. The first-order valence-electron chi connectivity index (χ1n) is 11.3. The number of carbonyl (C=O) groups excluding carboxylic acids is 2. The van der Waals surface area contributed by atoms with E-state index >= 15 is 0 Å². The first-order valence-corrected chi connectivity index (χ1v) is 11.7. The van der Waals surface area contributed by atoms with Gasteiger partial charge in [-0.25, -0.2) is 0 Å². The normalized spacial score (nSPS) is 17.5. The van der Waals surface area contributed by atoms with Gasteiger partial charge in [-0.15, -0.1) is 0 Å². The summed E-state index contributed by atoms with van der Waals surface area (Å²) in [5.74, 6) is 1.44. The second-order valence-corrected chi connectivity index (χ2v) is 8.99. The lowest BCUT2D eigenvalue weighted by molar-refractivity contribution is -0.138. The maximum atomic E-state index is 13.1. The van der Waals surface area contributed by atoms with Crippen LogP contribution in [0.25, 0.3) is 0 Å². The Labute approximate surface area is 199 Å². The maximum absolute atomic E-state index is 13.1. The Morgan fingerprint density at radius 2 is 1.85 bits per heavy atom. The average Bonchev–Trinajstić information content (AvgIpc) is 3.01. The summed E-state index contributed by atoms with van der Waals surface area (Å²) in [6.07, 6.45) is -0.634. The quantitative estimate of drug-likeness (QED) is 0.670. The molecular weight excluding hydrogens is 442 g/mol. The Morgan fingerprint density at radius 1 is 1.06 bits per heavy atom. The van der Waals surface area contributed by atoms with E-state index in [1.165, 1.54) is 5.56 Å². The molecule has 0 N–H and O–H groups in total. The first-order chi connectivity index (χ1) is 15.9. The van der Waals surface area contributed by atoms with Crippen LogP contribution in [-0.2, 0) is 22.7 Å². The van der Waals surface area contributed by atoms with Crippen LogP contribution in [0, 0.1) is 0 Å². The fourth-order valence-corrected chi connectivity index (χ4v) is 4.45. The van der Waals surface area contributed by atoms with E-state index in [0.29, 0.717) is 30.5 Å². The summed E-state index contributed by atoms with van der Waals surface area (Å²) in [4.78, 5) is 30.7. The van der Waals surface area contributed by atoms with Crippen LogP contribution < -0.4 is 9.47 Å². The van der Waals surface area contributed by atoms with Gasteiger partial charge < -0.3 is 19.3 Å². The van der Waals surface area contributed by atoms with Gasteiger partial charge in [0.1, 0.15) is 18.1 Å². The van der Waals surface area contributed by atoms with Crippen LogP contribution in [-0.4, -0.2) is 71.9 Å². The molecule has 0 radical (unpaired) electrons. The Hall–Kier alpha value is -2.77. The Kier molecular flexibility index (Phi) is 7.40. The average molecular weight is 472 g/mol. The number of benzene rings is 2. The Morgan fingerprint density at radius 3 is 2.58 bits per heavy atom. The zero-order valence-electron chi connectivity index (χ0n) is 19.1. The lowest BCUT2D eigenvalue weighted by atomic mass is 10.1. The topological polar surface area (TPSA) is 62.3 Å². The van der Waals surface area contributed by atoms with Crippen LogP contribution in [0.15, 0.2) is 42.5 Å². The molecule has 1 unspecified atom stereocenters. The van der Waals surface area contributed by atoms with E-state index in [-0.39, 0.29) is 11.8 Å². The van der Waals surface area contributed by atoms with Crippen molar-refractivity contribution in [2.45, 2.75) is 33.0 Å². The molecule has 33 heavy (non-hydrogen) atoms. The van der Waals surface area contributed by atoms with Crippen molar-refractivity contribution in [2.24, 2.45) is 0 Å². The lowest BCUT2D eigenvalue weighted by Crippen LogP contribution is -2.47. The third kappa shape index (κ3) is 5.97. The van der Waals surface area contributed by atoms with E-state index in [0.717, 1.165) is 44.0 Å². The van der Waals surface area contributed by atoms with Gasteiger partial charge in [0.2, 0.25) is 5.91 Å². The smallest absolute Gasteiger partial charge is 0.263 e. The summed E-state index contributed by atoms with van der Waals surface area (Å²) in [5, 5.41) is 0.569. The molecule has 1 fully saturated rings. The number of ether oxygens (including phenoxy) is 2.